The Morgan fingerprint density at radius 1 is 1.33 bits per heavy atom. The van der Waals surface area contributed by atoms with Crippen molar-refractivity contribution in [3.8, 4) is 11.6 Å². The monoisotopic (exact) mass is 245 g/mol. The third-order valence-electron chi connectivity index (χ3n) is 2.37. The van der Waals surface area contributed by atoms with Crippen molar-refractivity contribution in [1.82, 2.24) is 19.6 Å². The third kappa shape index (κ3) is 1.71. The van der Waals surface area contributed by atoms with Gasteiger partial charge in [0.25, 0.3) is 5.88 Å². The zero-order valence-electron chi connectivity index (χ0n) is 9.12. The van der Waals surface area contributed by atoms with Crippen molar-refractivity contribution in [3.05, 3.63) is 42.7 Å². The van der Waals surface area contributed by atoms with Crippen LogP contribution in [-0.4, -0.2) is 19.6 Å². The number of nitrogens with two attached hydrogens (primary N) is 1. The van der Waals surface area contributed by atoms with Gasteiger partial charge in [-0.2, -0.15) is 0 Å². The van der Waals surface area contributed by atoms with Crippen LogP contribution in [-0.2, 0) is 0 Å². The molecular formula is C11H8FN5O. The molecule has 2 N–H and O–H groups in total. The van der Waals surface area contributed by atoms with Crippen molar-refractivity contribution in [1.29, 1.82) is 0 Å². The minimum Gasteiger partial charge on any atom is -0.436 e. The molecule has 90 valence electrons. The first-order valence-corrected chi connectivity index (χ1v) is 5.11. The van der Waals surface area contributed by atoms with E-state index < -0.39 is 5.82 Å². The summed E-state index contributed by atoms with van der Waals surface area (Å²) in [7, 11) is 0. The highest BCUT2D eigenvalue weighted by Crippen LogP contribution is 2.24. The number of halogens is 1. The molecule has 7 heteroatoms. The van der Waals surface area contributed by atoms with E-state index in [-0.39, 0.29) is 11.6 Å². The Labute approximate surface area is 101 Å². The number of nitrogen functional groups attached to an aromatic ring is 1. The normalized spacial score (nSPS) is 10.7. The maximum atomic E-state index is 13.3. The predicted octanol–water partition coefficient (Wildman–Crippen LogP) is 1.64. The van der Waals surface area contributed by atoms with Crippen LogP contribution in [0.1, 0.15) is 0 Å². The van der Waals surface area contributed by atoms with Gasteiger partial charge in [-0.25, -0.2) is 9.37 Å². The summed E-state index contributed by atoms with van der Waals surface area (Å²) >= 11 is 0. The van der Waals surface area contributed by atoms with E-state index in [1.54, 1.807) is 22.9 Å². The summed E-state index contributed by atoms with van der Waals surface area (Å²) in [6.45, 7) is 0. The van der Waals surface area contributed by atoms with Gasteiger partial charge in [-0.15, -0.1) is 10.2 Å². The number of hydrogen-bond acceptors (Lipinski definition) is 5. The summed E-state index contributed by atoms with van der Waals surface area (Å²) in [5, 5.41) is 7.60. The van der Waals surface area contributed by atoms with Crippen LogP contribution in [0.25, 0.3) is 5.65 Å². The number of rotatable bonds is 2. The fraction of sp³-hybridized carbons (Fsp3) is 0. The first kappa shape index (κ1) is 10.5. The number of aromatic nitrogens is 4. The van der Waals surface area contributed by atoms with E-state index in [4.69, 9.17) is 10.5 Å². The lowest BCUT2D eigenvalue weighted by Crippen LogP contribution is -1.95. The molecule has 2 heterocycles. The maximum absolute atomic E-state index is 13.3. The number of anilines is 1. The van der Waals surface area contributed by atoms with E-state index in [1.807, 2.05) is 0 Å². The van der Waals surface area contributed by atoms with Crippen LogP contribution in [0.2, 0.25) is 0 Å². The lowest BCUT2D eigenvalue weighted by molar-refractivity contribution is 0.460. The summed E-state index contributed by atoms with van der Waals surface area (Å²) in [6, 6.07) is 4.17. The average Bonchev–Trinajstić information content (AvgIpc) is 2.83. The number of ether oxygens (including phenoxy) is 1. The third-order valence-corrected chi connectivity index (χ3v) is 2.37. The van der Waals surface area contributed by atoms with Gasteiger partial charge in [-0.1, -0.05) is 0 Å². The van der Waals surface area contributed by atoms with Crippen molar-refractivity contribution in [2.45, 2.75) is 0 Å². The first-order valence-electron chi connectivity index (χ1n) is 5.11. The first-order chi connectivity index (χ1) is 8.74. The maximum Gasteiger partial charge on any atom is 0.265 e. The van der Waals surface area contributed by atoms with Gasteiger partial charge < -0.3 is 10.5 Å². The highest BCUT2D eigenvalue weighted by atomic mass is 19.1. The molecule has 3 aromatic rings. The molecule has 3 rings (SSSR count). The molecule has 0 unspecified atom stereocenters. The van der Waals surface area contributed by atoms with E-state index in [1.165, 1.54) is 18.5 Å². The molecule has 0 aliphatic carbocycles. The van der Waals surface area contributed by atoms with E-state index >= 15 is 0 Å². The lowest BCUT2D eigenvalue weighted by atomic mass is 10.3. The zero-order chi connectivity index (χ0) is 12.5. The topological polar surface area (TPSA) is 78.3 Å². The Hall–Kier alpha value is -2.70. The summed E-state index contributed by atoms with van der Waals surface area (Å²) in [5.41, 5.74) is 5.90. The standard InChI is InChI=1S/C11H8FN5O/c12-8-5-7(1-2-9(8)13)18-11-10-16-15-6-17(10)4-3-14-11/h1-6H,13H2. The second-order valence-corrected chi connectivity index (χ2v) is 3.58. The summed E-state index contributed by atoms with van der Waals surface area (Å²) in [5.74, 6) is 0.00499. The second kappa shape index (κ2) is 3.95. The number of nitrogens with zero attached hydrogens (tertiary/aromatic N) is 4. The van der Waals surface area contributed by atoms with E-state index in [0.717, 1.165) is 0 Å². The van der Waals surface area contributed by atoms with Crippen LogP contribution in [0.5, 0.6) is 11.6 Å². The SMILES string of the molecule is Nc1ccc(Oc2nccn3cnnc23)cc1F. The Balaban J connectivity index is 2.01. The number of hydrogen-bond donors (Lipinski definition) is 1. The Morgan fingerprint density at radius 2 is 2.22 bits per heavy atom. The Kier molecular flexibility index (Phi) is 2.30. The summed E-state index contributed by atoms with van der Waals surface area (Å²) in [4.78, 5) is 4.03. The molecular weight excluding hydrogens is 237 g/mol. The molecule has 0 atom stereocenters. The average molecular weight is 245 g/mol. The van der Waals surface area contributed by atoms with Crippen LogP contribution < -0.4 is 10.5 Å². The van der Waals surface area contributed by atoms with Crippen LogP contribution >= 0.6 is 0 Å². The number of fused-ring (bicyclic) bond motifs is 1. The smallest absolute Gasteiger partial charge is 0.265 e. The predicted molar refractivity (Wildman–Crippen MR) is 61.7 cm³/mol. The lowest BCUT2D eigenvalue weighted by Gasteiger charge is -2.05. The van der Waals surface area contributed by atoms with Gasteiger partial charge in [-0.05, 0) is 12.1 Å². The van der Waals surface area contributed by atoms with Gasteiger partial charge in [-0.3, -0.25) is 4.40 Å². The largest absolute Gasteiger partial charge is 0.436 e. The van der Waals surface area contributed by atoms with Crippen molar-refractivity contribution in [2.75, 3.05) is 5.73 Å². The second-order valence-electron chi connectivity index (χ2n) is 3.58. The molecule has 1 aromatic carbocycles. The molecule has 0 bridgehead atoms. The molecule has 2 aromatic heterocycles. The van der Waals surface area contributed by atoms with Gasteiger partial charge in [0.15, 0.2) is 0 Å². The summed E-state index contributed by atoms with van der Waals surface area (Å²) < 4.78 is 20.4. The molecule has 0 aliphatic heterocycles. The van der Waals surface area contributed by atoms with E-state index in [0.29, 0.717) is 11.4 Å². The summed E-state index contributed by atoms with van der Waals surface area (Å²) in [6.07, 6.45) is 4.75. The molecule has 0 spiro atoms. The van der Waals surface area contributed by atoms with Gasteiger partial charge in [0.05, 0.1) is 5.69 Å². The molecule has 0 saturated carbocycles. The highest BCUT2D eigenvalue weighted by Gasteiger charge is 2.08. The van der Waals surface area contributed by atoms with Gasteiger partial charge in [0.1, 0.15) is 17.9 Å². The number of benzene rings is 1. The molecule has 0 aliphatic rings. The van der Waals surface area contributed by atoms with Gasteiger partial charge in [0.2, 0.25) is 5.65 Å². The quantitative estimate of drug-likeness (QED) is 0.694. The molecule has 0 amide bonds. The van der Waals surface area contributed by atoms with Crippen LogP contribution in [0.4, 0.5) is 10.1 Å². The van der Waals surface area contributed by atoms with Crippen LogP contribution in [0, 0.1) is 5.82 Å². The molecule has 0 fully saturated rings. The Morgan fingerprint density at radius 3 is 3.06 bits per heavy atom. The Bertz CT molecular complexity index is 711. The zero-order valence-corrected chi connectivity index (χ0v) is 9.12. The van der Waals surface area contributed by atoms with Crippen molar-refractivity contribution >= 4 is 11.3 Å². The van der Waals surface area contributed by atoms with Crippen molar-refractivity contribution in [2.24, 2.45) is 0 Å². The minimum absolute atomic E-state index is 0.0657. The molecule has 0 saturated heterocycles. The molecule has 0 radical (unpaired) electrons. The minimum atomic E-state index is -0.541. The fourth-order valence-corrected chi connectivity index (χ4v) is 1.49. The molecule has 18 heavy (non-hydrogen) atoms. The van der Waals surface area contributed by atoms with Crippen LogP contribution in [0.15, 0.2) is 36.9 Å². The fourth-order valence-electron chi connectivity index (χ4n) is 1.49. The van der Waals surface area contributed by atoms with Crippen molar-refractivity contribution in [3.63, 3.8) is 0 Å². The van der Waals surface area contributed by atoms with E-state index in [2.05, 4.69) is 15.2 Å². The van der Waals surface area contributed by atoms with E-state index in [9.17, 15) is 4.39 Å². The highest BCUT2D eigenvalue weighted by molar-refractivity contribution is 5.50. The van der Waals surface area contributed by atoms with Gasteiger partial charge >= 0.3 is 0 Å². The van der Waals surface area contributed by atoms with Crippen LogP contribution in [0.3, 0.4) is 0 Å². The molecule has 6 nitrogen and oxygen atoms in total. The van der Waals surface area contributed by atoms with Crippen molar-refractivity contribution < 1.29 is 9.13 Å². The van der Waals surface area contributed by atoms with Gasteiger partial charge in [0, 0.05) is 18.5 Å².